The lowest BCUT2D eigenvalue weighted by atomic mass is 10.2. The lowest BCUT2D eigenvalue weighted by molar-refractivity contribution is 0.0746. The molecule has 4 rings (SSSR count). The maximum Gasteiger partial charge on any atom is 0.257 e. The van der Waals surface area contributed by atoms with Gasteiger partial charge in [0.15, 0.2) is 0 Å². The third kappa shape index (κ3) is 3.64. The molecule has 3 aromatic rings. The van der Waals surface area contributed by atoms with Crippen molar-refractivity contribution in [3.05, 3.63) is 69.5 Å². The van der Waals surface area contributed by atoms with Crippen molar-refractivity contribution < 1.29 is 4.79 Å². The van der Waals surface area contributed by atoms with Crippen molar-refractivity contribution in [3.63, 3.8) is 0 Å². The van der Waals surface area contributed by atoms with Gasteiger partial charge in [-0.3, -0.25) is 4.79 Å². The molecular weight excluding hydrogens is 442 g/mol. The zero-order valence-corrected chi connectivity index (χ0v) is 17.7. The summed E-state index contributed by atoms with van der Waals surface area (Å²) in [4.78, 5) is 21.4. The summed E-state index contributed by atoms with van der Waals surface area (Å²) >= 11 is 9.68. The van der Waals surface area contributed by atoms with Crippen molar-refractivity contribution in [2.24, 2.45) is 0 Å². The molecule has 28 heavy (non-hydrogen) atoms. The van der Waals surface area contributed by atoms with Gasteiger partial charge in [-0.1, -0.05) is 27.5 Å². The quantitative estimate of drug-likeness (QED) is 0.594. The molecule has 0 bridgehead atoms. The van der Waals surface area contributed by atoms with Crippen LogP contribution in [0.3, 0.4) is 0 Å². The molecule has 0 saturated carbocycles. The Bertz CT molecular complexity index is 996. The maximum atomic E-state index is 13.0. The summed E-state index contributed by atoms with van der Waals surface area (Å²) in [6, 6.07) is 11.5. The van der Waals surface area contributed by atoms with Crippen molar-refractivity contribution in [2.45, 2.75) is 6.92 Å². The van der Waals surface area contributed by atoms with E-state index in [0.29, 0.717) is 36.8 Å². The highest BCUT2D eigenvalue weighted by Gasteiger charge is 2.26. The number of hydrogen-bond acceptors (Lipinski definition) is 4. The fourth-order valence-corrected chi connectivity index (χ4v) is 3.87. The fraction of sp³-hybridized carbons (Fsp3) is 0.250. The standard InChI is InChI=1S/C20H19BrClN5O/c1-14-17(13-24-27(14)16-6-4-15(21)5-7-16)20(28)26-11-9-25(10-12-26)19-18(22)3-2-8-23-19/h2-8,13H,9-12H2,1H3. The molecule has 6 nitrogen and oxygen atoms in total. The third-order valence-corrected chi connectivity index (χ3v) is 5.74. The first-order valence-corrected chi connectivity index (χ1v) is 10.2. The number of carbonyl (C=O) groups is 1. The topological polar surface area (TPSA) is 54.3 Å². The summed E-state index contributed by atoms with van der Waals surface area (Å²) < 4.78 is 2.80. The van der Waals surface area contributed by atoms with Crippen LogP contribution in [0.15, 0.2) is 53.3 Å². The van der Waals surface area contributed by atoms with Gasteiger partial charge in [0.25, 0.3) is 5.91 Å². The van der Waals surface area contributed by atoms with E-state index in [4.69, 9.17) is 11.6 Å². The Kier molecular flexibility index (Phi) is 5.37. The molecule has 1 aliphatic rings. The number of piperazine rings is 1. The third-order valence-electron chi connectivity index (χ3n) is 4.92. The van der Waals surface area contributed by atoms with Gasteiger partial charge in [-0.05, 0) is 43.3 Å². The van der Waals surface area contributed by atoms with E-state index in [1.165, 1.54) is 0 Å². The van der Waals surface area contributed by atoms with Gasteiger partial charge in [0, 0.05) is 36.8 Å². The lowest BCUT2D eigenvalue weighted by Gasteiger charge is -2.35. The smallest absolute Gasteiger partial charge is 0.257 e. The minimum atomic E-state index is 0.00706. The Labute approximate surface area is 176 Å². The number of pyridine rings is 1. The van der Waals surface area contributed by atoms with Crippen molar-refractivity contribution in [3.8, 4) is 5.69 Å². The summed E-state index contributed by atoms with van der Waals surface area (Å²) in [6.45, 7) is 4.56. The number of benzene rings is 1. The van der Waals surface area contributed by atoms with Crippen LogP contribution in [-0.2, 0) is 0 Å². The van der Waals surface area contributed by atoms with Crippen molar-refractivity contribution in [1.29, 1.82) is 0 Å². The van der Waals surface area contributed by atoms with E-state index in [1.807, 2.05) is 48.2 Å². The van der Waals surface area contributed by atoms with Crippen LogP contribution < -0.4 is 4.90 Å². The number of aromatic nitrogens is 3. The molecule has 0 radical (unpaired) electrons. The molecule has 0 N–H and O–H groups in total. The first-order chi connectivity index (χ1) is 13.5. The average molecular weight is 461 g/mol. The first-order valence-electron chi connectivity index (χ1n) is 9.00. The summed E-state index contributed by atoms with van der Waals surface area (Å²) in [5.41, 5.74) is 2.39. The lowest BCUT2D eigenvalue weighted by Crippen LogP contribution is -2.49. The molecule has 8 heteroatoms. The van der Waals surface area contributed by atoms with Gasteiger partial charge in [0.05, 0.1) is 28.2 Å². The van der Waals surface area contributed by atoms with E-state index in [0.717, 1.165) is 21.7 Å². The van der Waals surface area contributed by atoms with Crippen LogP contribution in [0.2, 0.25) is 5.02 Å². The highest BCUT2D eigenvalue weighted by Crippen LogP contribution is 2.24. The summed E-state index contributed by atoms with van der Waals surface area (Å²) in [6.07, 6.45) is 3.39. The van der Waals surface area contributed by atoms with Gasteiger partial charge >= 0.3 is 0 Å². The number of carbonyl (C=O) groups excluding carboxylic acids is 1. The van der Waals surface area contributed by atoms with E-state index in [1.54, 1.807) is 17.1 Å². The van der Waals surface area contributed by atoms with Crippen molar-refractivity contribution >= 4 is 39.3 Å². The molecule has 3 heterocycles. The summed E-state index contributed by atoms with van der Waals surface area (Å²) in [7, 11) is 0. The van der Waals surface area contributed by atoms with E-state index >= 15 is 0 Å². The first kappa shape index (κ1) is 19.0. The second kappa shape index (κ2) is 7.93. The Morgan fingerprint density at radius 3 is 2.50 bits per heavy atom. The van der Waals surface area contributed by atoms with Crippen LogP contribution in [-0.4, -0.2) is 51.8 Å². The molecule has 0 spiro atoms. The molecule has 0 atom stereocenters. The number of rotatable bonds is 3. The van der Waals surface area contributed by atoms with Crippen LogP contribution in [0, 0.1) is 6.92 Å². The summed E-state index contributed by atoms with van der Waals surface area (Å²) in [5.74, 6) is 0.781. The van der Waals surface area contributed by atoms with Crippen LogP contribution in [0.25, 0.3) is 5.69 Å². The zero-order chi connectivity index (χ0) is 19.7. The van der Waals surface area contributed by atoms with E-state index in [9.17, 15) is 4.79 Å². The predicted molar refractivity (Wildman–Crippen MR) is 113 cm³/mol. The molecule has 1 aliphatic heterocycles. The SMILES string of the molecule is Cc1c(C(=O)N2CCN(c3ncccc3Cl)CC2)cnn1-c1ccc(Br)cc1. The molecule has 144 valence electrons. The van der Waals surface area contributed by atoms with Crippen LogP contribution in [0.4, 0.5) is 5.82 Å². The Hall–Kier alpha value is -2.38. The largest absolute Gasteiger partial charge is 0.352 e. The highest BCUT2D eigenvalue weighted by atomic mass is 79.9. The molecule has 1 fully saturated rings. The molecule has 1 saturated heterocycles. The molecule has 1 amide bonds. The molecule has 0 aliphatic carbocycles. The average Bonchev–Trinajstić information content (AvgIpc) is 3.10. The van der Waals surface area contributed by atoms with Gasteiger partial charge in [-0.2, -0.15) is 5.10 Å². The second-order valence-corrected chi connectivity index (χ2v) is 7.94. The van der Waals surface area contributed by atoms with E-state index in [-0.39, 0.29) is 5.91 Å². The molecule has 1 aromatic carbocycles. The Balaban J connectivity index is 1.47. The number of hydrogen-bond donors (Lipinski definition) is 0. The molecule has 0 unspecified atom stereocenters. The van der Waals surface area contributed by atoms with Gasteiger partial charge in [0.2, 0.25) is 0 Å². The number of halogens is 2. The van der Waals surface area contributed by atoms with E-state index < -0.39 is 0 Å². The fourth-order valence-electron chi connectivity index (χ4n) is 3.36. The molecular formula is C20H19BrClN5O. The monoisotopic (exact) mass is 459 g/mol. The number of amides is 1. The van der Waals surface area contributed by atoms with Crippen molar-refractivity contribution in [1.82, 2.24) is 19.7 Å². The number of anilines is 1. The highest BCUT2D eigenvalue weighted by molar-refractivity contribution is 9.10. The van der Waals surface area contributed by atoms with Crippen molar-refractivity contribution in [2.75, 3.05) is 31.1 Å². The minimum Gasteiger partial charge on any atom is -0.352 e. The Morgan fingerprint density at radius 1 is 1.11 bits per heavy atom. The molecule has 2 aromatic heterocycles. The van der Waals surface area contributed by atoms with Crippen LogP contribution in [0.1, 0.15) is 16.1 Å². The van der Waals surface area contributed by atoms with Gasteiger partial charge < -0.3 is 9.80 Å². The minimum absolute atomic E-state index is 0.00706. The van der Waals surface area contributed by atoms with Gasteiger partial charge in [-0.25, -0.2) is 9.67 Å². The van der Waals surface area contributed by atoms with Gasteiger partial charge in [-0.15, -0.1) is 0 Å². The Morgan fingerprint density at radius 2 is 1.82 bits per heavy atom. The van der Waals surface area contributed by atoms with Gasteiger partial charge in [0.1, 0.15) is 5.82 Å². The second-order valence-electron chi connectivity index (χ2n) is 6.62. The van der Waals surface area contributed by atoms with Crippen LogP contribution >= 0.6 is 27.5 Å². The van der Waals surface area contributed by atoms with Crippen LogP contribution in [0.5, 0.6) is 0 Å². The maximum absolute atomic E-state index is 13.0. The van der Waals surface area contributed by atoms with E-state index in [2.05, 4.69) is 30.9 Å². The predicted octanol–water partition coefficient (Wildman–Crippen LogP) is 3.95. The normalized spacial score (nSPS) is 14.4. The zero-order valence-electron chi connectivity index (χ0n) is 15.3. The number of nitrogens with zero attached hydrogens (tertiary/aromatic N) is 5. The summed E-state index contributed by atoms with van der Waals surface area (Å²) in [5, 5.41) is 5.05.